The highest BCUT2D eigenvalue weighted by molar-refractivity contribution is 5.74. The maximum absolute atomic E-state index is 10.5. The van der Waals surface area contributed by atoms with Gasteiger partial charge in [-0.15, -0.1) is 0 Å². The molecular weight excluding hydrogens is 144 g/mol. The Balaban J connectivity index is 2.22. The van der Waals surface area contributed by atoms with Gasteiger partial charge in [0.25, 0.3) is 0 Å². The summed E-state index contributed by atoms with van der Waals surface area (Å²) in [5.74, 6) is -0.300. The monoisotopic (exact) mass is 158 g/mol. The molecule has 0 radical (unpaired) electrons. The number of hydrogen-bond donors (Lipinski definition) is 2. The zero-order chi connectivity index (χ0) is 8.27. The van der Waals surface area contributed by atoms with Crippen molar-refractivity contribution in [2.75, 3.05) is 6.61 Å². The van der Waals surface area contributed by atoms with E-state index < -0.39 is 0 Å². The summed E-state index contributed by atoms with van der Waals surface area (Å²) in [6.45, 7) is 0.554. The molecule has 0 aromatic rings. The number of carbonyl (C=O) groups is 1. The molecule has 1 aliphatic heterocycles. The van der Waals surface area contributed by atoms with Crippen LogP contribution in [0.5, 0.6) is 0 Å². The van der Waals surface area contributed by atoms with Crippen LogP contribution in [0.3, 0.4) is 0 Å². The van der Waals surface area contributed by atoms with Crippen LogP contribution in [0.4, 0.5) is 0 Å². The van der Waals surface area contributed by atoms with Gasteiger partial charge in [0.1, 0.15) is 0 Å². The molecule has 0 saturated carbocycles. The van der Waals surface area contributed by atoms with E-state index in [0.29, 0.717) is 13.0 Å². The van der Waals surface area contributed by atoms with Gasteiger partial charge in [-0.3, -0.25) is 4.79 Å². The molecule has 2 atom stereocenters. The number of rotatable bonds is 2. The standard InChI is InChI=1S/C7H14N2O2/c8-5-1-2-6(11-4-5)3-7(9)10/h5-6H,1-4,8H2,(H2,9,10)/t5-,6+/m1/s1. The first-order valence-corrected chi connectivity index (χ1v) is 3.84. The van der Waals surface area contributed by atoms with Gasteiger partial charge >= 0.3 is 0 Å². The summed E-state index contributed by atoms with van der Waals surface area (Å²) >= 11 is 0. The topological polar surface area (TPSA) is 78.3 Å². The van der Waals surface area contributed by atoms with Crippen molar-refractivity contribution in [3.05, 3.63) is 0 Å². The van der Waals surface area contributed by atoms with E-state index in [2.05, 4.69) is 0 Å². The van der Waals surface area contributed by atoms with Gasteiger partial charge in [0.05, 0.1) is 19.1 Å². The summed E-state index contributed by atoms with van der Waals surface area (Å²) in [6.07, 6.45) is 2.11. The van der Waals surface area contributed by atoms with E-state index in [-0.39, 0.29) is 18.1 Å². The van der Waals surface area contributed by atoms with Gasteiger partial charge in [0, 0.05) is 6.04 Å². The summed E-state index contributed by atoms with van der Waals surface area (Å²) in [4.78, 5) is 10.5. The Hall–Kier alpha value is -0.610. The zero-order valence-electron chi connectivity index (χ0n) is 6.45. The highest BCUT2D eigenvalue weighted by Crippen LogP contribution is 2.14. The summed E-state index contributed by atoms with van der Waals surface area (Å²) in [7, 11) is 0. The fourth-order valence-corrected chi connectivity index (χ4v) is 1.21. The summed E-state index contributed by atoms with van der Waals surface area (Å²) in [6, 6.07) is 0.138. The van der Waals surface area contributed by atoms with E-state index in [1.54, 1.807) is 0 Å². The van der Waals surface area contributed by atoms with Gasteiger partial charge < -0.3 is 16.2 Å². The molecule has 4 N–H and O–H groups in total. The number of ether oxygens (including phenoxy) is 1. The van der Waals surface area contributed by atoms with E-state index >= 15 is 0 Å². The second-order valence-electron chi connectivity index (χ2n) is 2.96. The van der Waals surface area contributed by atoms with Crippen molar-refractivity contribution in [3.63, 3.8) is 0 Å². The van der Waals surface area contributed by atoms with Crippen LogP contribution in [0.2, 0.25) is 0 Å². The zero-order valence-corrected chi connectivity index (χ0v) is 6.45. The molecule has 0 aromatic heterocycles. The molecule has 11 heavy (non-hydrogen) atoms. The Labute approximate surface area is 65.9 Å². The van der Waals surface area contributed by atoms with Crippen LogP contribution in [0.15, 0.2) is 0 Å². The number of hydrogen-bond acceptors (Lipinski definition) is 3. The first-order valence-electron chi connectivity index (χ1n) is 3.84. The van der Waals surface area contributed by atoms with Gasteiger partial charge in [-0.1, -0.05) is 0 Å². The fourth-order valence-electron chi connectivity index (χ4n) is 1.21. The highest BCUT2D eigenvalue weighted by atomic mass is 16.5. The third-order valence-corrected chi connectivity index (χ3v) is 1.83. The van der Waals surface area contributed by atoms with Crippen LogP contribution in [0, 0.1) is 0 Å². The maximum Gasteiger partial charge on any atom is 0.220 e. The Morgan fingerprint density at radius 3 is 2.73 bits per heavy atom. The largest absolute Gasteiger partial charge is 0.376 e. The van der Waals surface area contributed by atoms with Crippen molar-refractivity contribution in [1.82, 2.24) is 0 Å². The number of nitrogens with two attached hydrogens (primary N) is 2. The third kappa shape index (κ3) is 2.86. The predicted molar refractivity (Wildman–Crippen MR) is 40.8 cm³/mol. The first-order chi connectivity index (χ1) is 5.18. The smallest absolute Gasteiger partial charge is 0.220 e. The van der Waals surface area contributed by atoms with Crippen molar-refractivity contribution in [2.24, 2.45) is 11.5 Å². The molecule has 0 unspecified atom stereocenters. The molecule has 1 saturated heterocycles. The van der Waals surface area contributed by atoms with Gasteiger partial charge in [-0.05, 0) is 12.8 Å². The first kappa shape index (κ1) is 8.49. The normalized spacial score (nSPS) is 31.7. The average Bonchev–Trinajstić information content (AvgIpc) is 1.93. The van der Waals surface area contributed by atoms with Crippen LogP contribution < -0.4 is 11.5 Å². The number of carbonyl (C=O) groups excluding carboxylic acids is 1. The fraction of sp³-hybridized carbons (Fsp3) is 0.857. The van der Waals surface area contributed by atoms with Crippen molar-refractivity contribution < 1.29 is 9.53 Å². The molecule has 0 aromatic carbocycles. The summed E-state index contributed by atoms with van der Waals surface area (Å²) in [5.41, 5.74) is 10.6. The second kappa shape index (κ2) is 3.69. The molecule has 0 bridgehead atoms. The lowest BCUT2D eigenvalue weighted by atomic mass is 10.0. The van der Waals surface area contributed by atoms with Crippen LogP contribution in [0.1, 0.15) is 19.3 Å². The summed E-state index contributed by atoms with van der Waals surface area (Å²) in [5, 5.41) is 0. The van der Waals surface area contributed by atoms with Crippen molar-refractivity contribution >= 4 is 5.91 Å². The van der Waals surface area contributed by atoms with Gasteiger partial charge in [0.2, 0.25) is 5.91 Å². The average molecular weight is 158 g/mol. The van der Waals surface area contributed by atoms with Crippen LogP contribution >= 0.6 is 0 Å². The molecule has 4 nitrogen and oxygen atoms in total. The van der Waals surface area contributed by atoms with Gasteiger partial charge in [-0.2, -0.15) is 0 Å². The Morgan fingerprint density at radius 1 is 1.55 bits per heavy atom. The van der Waals surface area contributed by atoms with E-state index in [1.165, 1.54) is 0 Å². The van der Waals surface area contributed by atoms with Crippen LogP contribution in [-0.4, -0.2) is 24.7 Å². The Morgan fingerprint density at radius 2 is 2.27 bits per heavy atom. The molecule has 1 heterocycles. The van der Waals surface area contributed by atoms with Crippen molar-refractivity contribution in [2.45, 2.75) is 31.4 Å². The van der Waals surface area contributed by atoms with Gasteiger partial charge in [-0.25, -0.2) is 0 Å². The quantitative estimate of drug-likeness (QED) is 0.561. The molecule has 1 fully saturated rings. The highest BCUT2D eigenvalue weighted by Gasteiger charge is 2.20. The molecule has 4 heteroatoms. The number of primary amides is 1. The number of amides is 1. The molecular formula is C7H14N2O2. The molecule has 0 aliphatic carbocycles. The molecule has 64 valence electrons. The SMILES string of the molecule is NC(=O)C[C@@H]1CC[C@@H](N)CO1. The van der Waals surface area contributed by atoms with Crippen LogP contribution in [-0.2, 0) is 9.53 Å². The minimum absolute atomic E-state index is 0.00676. The summed E-state index contributed by atoms with van der Waals surface area (Å²) < 4.78 is 5.28. The maximum atomic E-state index is 10.5. The van der Waals surface area contributed by atoms with E-state index in [4.69, 9.17) is 16.2 Å². The Kier molecular flexibility index (Phi) is 2.84. The van der Waals surface area contributed by atoms with E-state index in [9.17, 15) is 4.79 Å². The lowest BCUT2D eigenvalue weighted by Gasteiger charge is -2.25. The Bertz CT molecular complexity index is 141. The third-order valence-electron chi connectivity index (χ3n) is 1.83. The minimum Gasteiger partial charge on any atom is -0.376 e. The molecule has 1 rings (SSSR count). The molecule has 1 amide bonds. The molecule has 1 aliphatic rings. The lowest BCUT2D eigenvalue weighted by Crippen LogP contribution is -2.37. The van der Waals surface area contributed by atoms with E-state index in [0.717, 1.165) is 12.8 Å². The predicted octanol–water partition coefficient (Wildman–Crippen LogP) is -0.632. The van der Waals surface area contributed by atoms with E-state index in [1.807, 2.05) is 0 Å². The molecule has 0 spiro atoms. The minimum atomic E-state index is -0.300. The van der Waals surface area contributed by atoms with Gasteiger partial charge in [0.15, 0.2) is 0 Å². The van der Waals surface area contributed by atoms with Crippen LogP contribution in [0.25, 0.3) is 0 Å². The second-order valence-corrected chi connectivity index (χ2v) is 2.96. The van der Waals surface area contributed by atoms with Crippen molar-refractivity contribution in [3.8, 4) is 0 Å². The lowest BCUT2D eigenvalue weighted by molar-refractivity contribution is -0.121. The van der Waals surface area contributed by atoms with Crippen molar-refractivity contribution in [1.29, 1.82) is 0 Å².